The summed E-state index contributed by atoms with van der Waals surface area (Å²) in [4.78, 5) is 17.1. The average molecular weight is 372 g/mol. The van der Waals surface area contributed by atoms with Crippen molar-refractivity contribution >= 4 is 39.2 Å². The molecule has 1 saturated carbocycles. The maximum absolute atomic E-state index is 12.4. The molecule has 0 radical (unpaired) electrons. The number of ketones is 1. The van der Waals surface area contributed by atoms with Gasteiger partial charge in [0.15, 0.2) is 15.6 Å². The molecule has 1 N–H and O–H groups in total. The number of carbonyl (C=O) groups excluding carboxylic acids is 1. The molecule has 0 unspecified atom stereocenters. The third kappa shape index (κ3) is 4.36. The highest BCUT2D eigenvalue weighted by Crippen LogP contribution is 2.35. The van der Waals surface area contributed by atoms with Gasteiger partial charge in [0.2, 0.25) is 0 Å². The fourth-order valence-electron chi connectivity index (χ4n) is 2.12. The van der Waals surface area contributed by atoms with Crippen molar-refractivity contribution in [3.8, 4) is 0 Å². The summed E-state index contributed by atoms with van der Waals surface area (Å²) in [5.74, 6) is -0.915. The Morgan fingerprint density at radius 3 is 2.67 bits per heavy atom. The van der Waals surface area contributed by atoms with Gasteiger partial charge in [0.25, 0.3) is 0 Å². The van der Waals surface area contributed by atoms with Crippen LogP contribution in [-0.2, 0) is 19.5 Å². The lowest BCUT2D eigenvalue weighted by molar-refractivity contribution is -0.116. The maximum atomic E-state index is 12.4. The van der Waals surface area contributed by atoms with Crippen LogP contribution in [0.3, 0.4) is 0 Å². The van der Waals surface area contributed by atoms with E-state index in [0.717, 1.165) is 25.3 Å². The van der Waals surface area contributed by atoms with Crippen LogP contribution in [0.25, 0.3) is 5.76 Å². The lowest BCUT2D eigenvalue weighted by atomic mass is 10.0. The first-order valence-electron chi connectivity index (χ1n) is 7.38. The summed E-state index contributed by atoms with van der Waals surface area (Å²) in [6.45, 7) is 2.03. The van der Waals surface area contributed by atoms with Gasteiger partial charge in [-0.25, -0.2) is 8.42 Å². The minimum Gasteiger partial charge on any atom is -0.506 e. The first-order chi connectivity index (χ1) is 11.3. The molecule has 1 aromatic carbocycles. The first-order valence-corrected chi connectivity index (χ1v) is 9.65. The zero-order valence-electron chi connectivity index (χ0n) is 13.3. The molecule has 8 heteroatoms. The standard InChI is InChI=1S/C16H18ClNO5S/c1-3-23-18-9-13(15(19)10-4-5-10)16(20)12-7-6-11(17)8-14(12)24(2,21)22/h6-10,20H,3-5H2,1-2H3. The number of carbonyl (C=O) groups is 1. The van der Waals surface area contributed by atoms with Crippen molar-refractivity contribution in [2.45, 2.75) is 24.7 Å². The summed E-state index contributed by atoms with van der Waals surface area (Å²) in [5.41, 5.74) is -0.0629. The number of oxime groups is 1. The van der Waals surface area contributed by atoms with Gasteiger partial charge in [-0.15, -0.1) is 0 Å². The van der Waals surface area contributed by atoms with Crippen LogP contribution in [0.2, 0.25) is 5.02 Å². The van der Waals surface area contributed by atoms with Crippen LogP contribution >= 0.6 is 11.6 Å². The number of Topliss-reactive ketones (excluding diaryl/α,β-unsaturated/α-hetero) is 1. The van der Waals surface area contributed by atoms with Gasteiger partial charge in [-0.05, 0) is 38.0 Å². The number of aliphatic hydroxyl groups excluding tert-OH is 1. The van der Waals surface area contributed by atoms with Gasteiger partial charge in [-0.2, -0.15) is 0 Å². The number of nitrogens with zero attached hydrogens (tertiary/aromatic N) is 1. The van der Waals surface area contributed by atoms with E-state index in [1.165, 1.54) is 18.2 Å². The highest BCUT2D eigenvalue weighted by atomic mass is 35.5. The summed E-state index contributed by atoms with van der Waals surface area (Å²) in [5, 5.41) is 14.4. The Labute approximate surface area is 145 Å². The molecule has 2 rings (SSSR count). The number of rotatable bonds is 7. The Morgan fingerprint density at radius 2 is 2.12 bits per heavy atom. The van der Waals surface area contributed by atoms with Gasteiger partial charge in [0.05, 0.1) is 16.7 Å². The van der Waals surface area contributed by atoms with Crippen LogP contribution < -0.4 is 0 Å². The molecular weight excluding hydrogens is 354 g/mol. The van der Waals surface area contributed by atoms with Gasteiger partial charge in [0.1, 0.15) is 12.4 Å². The van der Waals surface area contributed by atoms with E-state index in [1.807, 2.05) is 0 Å². The zero-order chi connectivity index (χ0) is 17.9. The molecular formula is C16H18ClNO5S. The topological polar surface area (TPSA) is 93.0 Å². The number of hydrogen-bond acceptors (Lipinski definition) is 6. The van der Waals surface area contributed by atoms with Gasteiger partial charge < -0.3 is 9.94 Å². The van der Waals surface area contributed by atoms with Crippen LogP contribution in [0.15, 0.2) is 33.8 Å². The first kappa shape index (κ1) is 18.5. The maximum Gasteiger partial charge on any atom is 0.176 e. The number of aliphatic hydroxyl groups is 1. The number of halogens is 1. The van der Waals surface area contributed by atoms with Crippen LogP contribution in [-0.4, -0.2) is 38.4 Å². The molecule has 0 bridgehead atoms. The molecule has 6 nitrogen and oxygen atoms in total. The van der Waals surface area contributed by atoms with Crippen LogP contribution in [0.4, 0.5) is 0 Å². The number of benzene rings is 1. The summed E-state index contributed by atoms with van der Waals surface area (Å²) in [6.07, 6.45) is 3.60. The number of hydrogen-bond donors (Lipinski definition) is 1. The van der Waals surface area contributed by atoms with Gasteiger partial charge in [-0.1, -0.05) is 16.8 Å². The van der Waals surface area contributed by atoms with Crippen molar-refractivity contribution in [2.75, 3.05) is 12.9 Å². The van der Waals surface area contributed by atoms with Crippen LogP contribution in [0.5, 0.6) is 0 Å². The minimum atomic E-state index is -3.66. The fourth-order valence-corrected chi connectivity index (χ4v) is 3.26. The molecule has 130 valence electrons. The van der Waals surface area contributed by atoms with E-state index in [2.05, 4.69) is 5.16 Å². The van der Waals surface area contributed by atoms with Gasteiger partial charge in [0, 0.05) is 22.8 Å². The molecule has 24 heavy (non-hydrogen) atoms. The molecule has 1 aliphatic carbocycles. The third-order valence-electron chi connectivity index (χ3n) is 3.45. The second-order valence-corrected chi connectivity index (χ2v) is 7.89. The van der Waals surface area contributed by atoms with E-state index >= 15 is 0 Å². The van der Waals surface area contributed by atoms with Crippen molar-refractivity contribution in [1.82, 2.24) is 0 Å². The summed E-state index contributed by atoms with van der Waals surface area (Å²) in [7, 11) is -3.66. The Bertz CT molecular complexity index is 810. The molecule has 0 amide bonds. The second-order valence-electron chi connectivity index (χ2n) is 5.47. The van der Waals surface area contributed by atoms with Gasteiger partial charge in [-0.3, -0.25) is 4.79 Å². The summed E-state index contributed by atoms with van der Waals surface area (Å²) < 4.78 is 23.9. The fraction of sp³-hybridized carbons (Fsp3) is 0.375. The smallest absolute Gasteiger partial charge is 0.176 e. The Kier molecular flexibility index (Phi) is 5.66. The predicted octanol–water partition coefficient (Wildman–Crippen LogP) is 3.01. The average Bonchev–Trinajstić information content (AvgIpc) is 3.34. The molecule has 1 aromatic rings. The Morgan fingerprint density at radius 1 is 1.46 bits per heavy atom. The molecule has 0 aromatic heterocycles. The van der Waals surface area contributed by atoms with E-state index < -0.39 is 15.6 Å². The van der Waals surface area contributed by atoms with Crippen LogP contribution in [0, 0.1) is 5.92 Å². The second kappa shape index (κ2) is 7.36. The van der Waals surface area contributed by atoms with Crippen molar-refractivity contribution in [2.24, 2.45) is 11.1 Å². The molecule has 0 atom stereocenters. The molecule has 0 spiro atoms. The summed E-state index contributed by atoms with van der Waals surface area (Å²) in [6, 6.07) is 4.05. The van der Waals surface area contributed by atoms with Crippen LogP contribution in [0.1, 0.15) is 25.3 Å². The molecule has 1 aliphatic rings. The number of allylic oxidation sites excluding steroid dienone is 1. The van der Waals surface area contributed by atoms with Crippen molar-refractivity contribution in [1.29, 1.82) is 0 Å². The van der Waals surface area contributed by atoms with Crippen molar-refractivity contribution < 1.29 is 23.2 Å². The normalized spacial score (nSPS) is 16.1. The highest BCUT2D eigenvalue weighted by Gasteiger charge is 2.33. The minimum absolute atomic E-state index is 0.00819. The monoisotopic (exact) mass is 371 g/mol. The Hall–Kier alpha value is -1.86. The molecule has 0 heterocycles. The molecule has 1 fully saturated rings. The van der Waals surface area contributed by atoms with E-state index in [4.69, 9.17) is 16.4 Å². The Balaban J connectivity index is 2.60. The quantitative estimate of drug-likeness (QED) is 0.344. The zero-order valence-corrected chi connectivity index (χ0v) is 14.9. The largest absolute Gasteiger partial charge is 0.506 e. The SMILES string of the molecule is CCON=CC(C(=O)C1CC1)=C(O)c1ccc(Cl)cc1S(C)(=O)=O. The molecule has 0 saturated heterocycles. The third-order valence-corrected chi connectivity index (χ3v) is 4.82. The predicted molar refractivity (Wildman–Crippen MR) is 92.0 cm³/mol. The van der Waals surface area contributed by atoms with E-state index in [0.29, 0.717) is 6.61 Å². The van der Waals surface area contributed by atoms with Crippen molar-refractivity contribution in [3.05, 3.63) is 34.4 Å². The van der Waals surface area contributed by atoms with E-state index in [-0.39, 0.29) is 32.8 Å². The van der Waals surface area contributed by atoms with Crippen molar-refractivity contribution in [3.63, 3.8) is 0 Å². The van der Waals surface area contributed by atoms with E-state index in [9.17, 15) is 18.3 Å². The van der Waals surface area contributed by atoms with Gasteiger partial charge >= 0.3 is 0 Å². The molecule has 0 aliphatic heterocycles. The summed E-state index contributed by atoms with van der Waals surface area (Å²) >= 11 is 5.86. The van der Waals surface area contributed by atoms with E-state index in [1.54, 1.807) is 6.92 Å². The highest BCUT2D eigenvalue weighted by molar-refractivity contribution is 7.90. The lowest BCUT2D eigenvalue weighted by Crippen LogP contribution is -2.11. The lowest BCUT2D eigenvalue weighted by Gasteiger charge is -2.10. The number of sulfone groups is 1.